The van der Waals surface area contributed by atoms with E-state index in [0.717, 1.165) is 41.6 Å². The molecule has 21 heavy (non-hydrogen) atoms. The number of ether oxygens (including phenoxy) is 2. The summed E-state index contributed by atoms with van der Waals surface area (Å²) in [6.07, 6.45) is 3.95. The van der Waals surface area contributed by atoms with Crippen molar-refractivity contribution in [1.29, 1.82) is 0 Å². The third-order valence-electron chi connectivity index (χ3n) is 3.94. The summed E-state index contributed by atoms with van der Waals surface area (Å²) in [5.41, 5.74) is 2.30. The minimum Gasteiger partial charge on any atom is -0.485 e. The van der Waals surface area contributed by atoms with Gasteiger partial charge in [0, 0.05) is 7.05 Å². The maximum atomic E-state index is 6.06. The first-order valence-electron chi connectivity index (χ1n) is 7.02. The Kier molecular flexibility index (Phi) is 3.03. The van der Waals surface area contributed by atoms with Gasteiger partial charge >= 0.3 is 0 Å². The first-order valence-corrected chi connectivity index (χ1v) is 7.81. The van der Waals surface area contributed by atoms with E-state index in [2.05, 4.69) is 26.6 Å². The fourth-order valence-electron chi connectivity index (χ4n) is 2.84. The SMILES string of the molecule is Cn1c(C2COc3ccccc3O2)nc2c1C=C(Br)CC2. The molecule has 0 saturated carbocycles. The van der Waals surface area contributed by atoms with Crippen LogP contribution in [0.3, 0.4) is 0 Å². The van der Waals surface area contributed by atoms with Crippen LogP contribution in [0.5, 0.6) is 11.5 Å². The van der Waals surface area contributed by atoms with E-state index in [-0.39, 0.29) is 6.10 Å². The highest BCUT2D eigenvalue weighted by molar-refractivity contribution is 9.11. The summed E-state index contributed by atoms with van der Waals surface area (Å²) in [6, 6.07) is 7.76. The number of fused-ring (bicyclic) bond motifs is 2. The molecule has 2 heterocycles. The molecule has 108 valence electrons. The van der Waals surface area contributed by atoms with Gasteiger partial charge in [0.1, 0.15) is 6.61 Å². The van der Waals surface area contributed by atoms with Gasteiger partial charge in [-0.05, 0) is 35.5 Å². The van der Waals surface area contributed by atoms with Crippen LogP contribution < -0.4 is 9.47 Å². The second-order valence-electron chi connectivity index (χ2n) is 5.32. The lowest BCUT2D eigenvalue weighted by atomic mass is 10.1. The van der Waals surface area contributed by atoms with E-state index in [0.29, 0.717) is 6.61 Å². The van der Waals surface area contributed by atoms with Crippen molar-refractivity contribution in [3.8, 4) is 11.5 Å². The molecule has 0 bridgehead atoms. The molecule has 0 saturated heterocycles. The molecule has 1 aromatic carbocycles. The van der Waals surface area contributed by atoms with E-state index in [4.69, 9.17) is 14.5 Å². The van der Waals surface area contributed by atoms with E-state index < -0.39 is 0 Å². The number of hydrogen-bond donors (Lipinski definition) is 0. The number of aryl methyl sites for hydroxylation is 1. The number of nitrogens with zero attached hydrogens (tertiary/aromatic N) is 2. The zero-order chi connectivity index (χ0) is 14.4. The average molecular weight is 347 g/mol. The Balaban J connectivity index is 1.70. The van der Waals surface area contributed by atoms with E-state index in [9.17, 15) is 0 Å². The molecule has 1 atom stereocenters. The quantitative estimate of drug-likeness (QED) is 0.791. The molecule has 2 aliphatic rings. The van der Waals surface area contributed by atoms with Crippen LogP contribution in [0.1, 0.15) is 29.7 Å². The molecule has 1 aliphatic carbocycles. The summed E-state index contributed by atoms with van der Waals surface area (Å²) >= 11 is 3.58. The maximum absolute atomic E-state index is 6.06. The smallest absolute Gasteiger partial charge is 0.190 e. The second-order valence-corrected chi connectivity index (χ2v) is 6.33. The highest BCUT2D eigenvalue weighted by atomic mass is 79.9. The largest absolute Gasteiger partial charge is 0.485 e. The zero-order valence-corrected chi connectivity index (χ0v) is 13.3. The van der Waals surface area contributed by atoms with Gasteiger partial charge < -0.3 is 14.0 Å². The molecule has 4 nitrogen and oxygen atoms in total. The van der Waals surface area contributed by atoms with Crippen molar-refractivity contribution in [1.82, 2.24) is 9.55 Å². The average Bonchev–Trinajstić information content (AvgIpc) is 2.84. The summed E-state index contributed by atoms with van der Waals surface area (Å²) in [5, 5.41) is 0. The molecule has 1 aliphatic heterocycles. The predicted molar refractivity (Wildman–Crippen MR) is 83.7 cm³/mol. The summed E-state index contributed by atoms with van der Waals surface area (Å²) in [5.74, 6) is 2.51. The molecule has 1 aromatic heterocycles. The standard InChI is InChI=1S/C16H15BrN2O2/c1-19-12-8-10(17)6-7-11(12)18-16(19)15-9-20-13-4-2-3-5-14(13)21-15/h2-5,8,15H,6-7,9H2,1H3. The number of imidazole rings is 1. The van der Waals surface area contributed by atoms with Gasteiger partial charge in [-0.2, -0.15) is 0 Å². The van der Waals surface area contributed by atoms with Crippen LogP contribution in [-0.4, -0.2) is 16.2 Å². The van der Waals surface area contributed by atoms with Crippen molar-refractivity contribution in [2.75, 3.05) is 6.61 Å². The molecule has 4 rings (SSSR count). The van der Waals surface area contributed by atoms with Gasteiger partial charge in [-0.1, -0.05) is 28.1 Å². The number of aromatic nitrogens is 2. The summed E-state index contributed by atoms with van der Waals surface area (Å²) < 4.78 is 15.2. The first kappa shape index (κ1) is 13.0. The van der Waals surface area contributed by atoms with Crippen molar-refractivity contribution in [3.63, 3.8) is 0 Å². The maximum Gasteiger partial charge on any atom is 0.190 e. The zero-order valence-electron chi connectivity index (χ0n) is 11.7. The summed E-state index contributed by atoms with van der Waals surface area (Å²) in [7, 11) is 2.03. The van der Waals surface area contributed by atoms with Crippen LogP contribution in [0.4, 0.5) is 0 Å². The molecule has 0 N–H and O–H groups in total. The Labute approximate surface area is 131 Å². The van der Waals surface area contributed by atoms with Crippen molar-refractivity contribution in [2.24, 2.45) is 7.05 Å². The molecule has 0 fully saturated rings. The Morgan fingerprint density at radius 3 is 2.90 bits per heavy atom. The van der Waals surface area contributed by atoms with Gasteiger partial charge in [-0.3, -0.25) is 0 Å². The fraction of sp³-hybridized carbons (Fsp3) is 0.312. The Hall–Kier alpha value is -1.75. The Morgan fingerprint density at radius 2 is 2.05 bits per heavy atom. The molecule has 0 spiro atoms. The van der Waals surface area contributed by atoms with Crippen LogP contribution in [0, 0.1) is 0 Å². The Morgan fingerprint density at radius 1 is 1.24 bits per heavy atom. The third-order valence-corrected chi connectivity index (χ3v) is 4.57. The van der Waals surface area contributed by atoms with Crippen molar-refractivity contribution < 1.29 is 9.47 Å². The van der Waals surface area contributed by atoms with Crippen molar-refractivity contribution >= 4 is 22.0 Å². The van der Waals surface area contributed by atoms with E-state index in [1.807, 2.05) is 31.3 Å². The Bertz CT molecular complexity index is 736. The van der Waals surface area contributed by atoms with Crippen molar-refractivity contribution in [3.05, 3.63) is 46.0 Å². The van der Waals surface area contributed by atoms with Crippen molar-refractivity contribution in [2.45, 2.75) is 18.9 Å². The lowest BCUT2D eigenvalue weighted by molar-refractivity contribution is 0.0831. The van der Waals surface area contributed by atoms with Gasteiger partial charge in [0.15, 0.2) is 23.4 Å². The van der Waals surface area contributed by atoms with Gasteiger partial charge in [0.25, 0.3) is 0 Å². The monoisotopic (exact) mass is 346 g/mol. The fourth-order valence-corrected chi connectivity index (χ4v) is 3.26. The molecule has 2 aromatic rings. The molecule has 5 heteroatoms. The lowest BCUT2D eigenvalue weighted by Gasteiger charge is -2.26. The van der Waals surface area contributed by atoms with Crippen LogP contribution in [0.2, 0.25) is 0 Å². The van der Waals surface area contributed by atoms with Gasteiger partial charge in [-0.15, -0.1) is 0 Å². The molecule has 0 radical (unpaired) electrons. The minimum absolute atomic E-state index is 0.164. The molecule has 0 amide bonds. The number of rotatable bonds is 1. The number of para-hydroxylation sites is 2. The predicted octanol–water partition coefficient (Wildman–Crippen LogP) is 3.61. The summed E-state index contributed by atoms with van der Waals surface area (Å²) in [4.78, 5) is 4.77. The van der Waals surface area contributed by atoms with Crippen LogP contribution in [0.25, 0.3) is 6.08 Å². The van der Waals surface area contributed by atoms with Gasteiger partial charge in [0.2, 0.25) is 0 Å². The molecule has 1 unspecified atom stereocenters. The molecular weight excluding hydrogens is 332 g/mol. The number of benzene rings is 1. The lowest BCUT2D eigenvalue weighted by Crippen LogP contribution is -2.24. The van der Waals surface area contributed by atoms with Gasteiger partial charge in [-0.25, -0.2) is 4.98 Å². The number of halogens is 1. The van der Waals surface area contributed by atoms with E-state index in [1.54, 1.807) is 0 Å². The van der Waals surface area contributed by atoms with Crippen LogP contribution in [-0.2, 0) is 13.5 Å². The topological polar surface area (TPSA) is 36.3 Å². The normalized spacial score (nSPS) is 19.9. The van der Waals surface area contributed by atoms with Crippen LogP contribution >= 0.6 is 15.9 Å². The summed E-state index contributed by atoms with van der Waals surface area (Å²) in [6.45, 7) is 0.492. The number of allylic oxidation sites excluding steroid dienone is 1. The number of hydrogen-bond acceptors (Lipinski definition) is 3. The second kappa shape index (κ2) is 4.91. The minimum atomic E-state index is -0.164. The van der Waals surface area contributed by atoms with E-state index >= 15 is 0 Å². The highest BCUT2D eigenvalue weighted by Crippen LogP contribution is 2.37. The van der Waals surface area contributed by atoms with Crippen LogP contribution in [0.15, 0.2) is 28.7 Å². The third kappa shape index (κ3) is 2.16. The first-order chi connectivity index (χ1) is 10.2. The van der Waals surface area contributed by atoms with E-state index in [1.165, 1.54) is 4.48 Å². The van der Waals surface area contributed by atoms with Gasteiger partial charge in [0.05, 0.1) is 11.4 Å². The highest BCUT2D eigenvalue weighted by Gasteiger charge is 2.28. The molecular formula is C16H15BrN2O2.